The lowest BCUT2D eigenvalue weighted by Crippen LogP contribution is -1.97. The van der Waals surface area contributed by atoms with Crippen molar-refractivity contribution in [1.29, 1.82) is 0 Å². The van der Waals surface area contributed by atoms with E-state index < -0.39 is 4.92 Å². The molecule has 0 unspecified atom stereocenters. The van der Waals surface area contributed by atoms with Gasteiger partial charge in [-0.15, -0.1) is 0 Å². The lowest BCUT2D eigenvalue weighted by Gasteiger charge is -2.03. The number of hydrogen-bond donors (Lipinski definition) is 0. The first kappa shape index (κ1) is 11.0. The highest BCUT2D eigenvalue weighted by Crippen LogP contribution is 2.29. The summed E-state index contributed by atoms with van der Waals surface area (Å²) in [7, 11) is 1.49. The summed E-state index contributed by atoms with van der Waals surface area (Å²) in [6, 6.07) is 6.32. The van der Waals surface area contributed by atoms with E-state index in [4.69, 9.17) is 4.74 Å². The molecule has 0 radical (unpaired) electrons. The molecule has 0 aromatic carbocycles. The summed E-state index contributed by atoms with van der Waals surface area (Å²) in [5.74, 6) is 0.258. The molecular formula is C11H9N3O3. The van der Waals surface area contributed by atoms with E-state index in [1.807, 2.05) is 0 Å². The molecule has 0 amide bonds. The summed E-state index contributed by atoms with van der Waals surface area (Å²) in [6.45, 7) is 0. The van der Waals surface area contributed by atoms with Crippen LogP contribution in [0.3, 0.4) is 0 Å². The van der Waals surface area contributed by atoms with Gasteiger partial charge in [0, 0.05) is 24.0 Å². The van der Waals surface area contributed by atoms with Gasteiger partial charge in [-0.25, -0.2) is 0 Å². The molecule has 6 nitrogen and oxygen atoms in total. The van der Waals surface area contributed by atoms with Gasteiger partial charge in [0.05, 0.1) is 7.11 Å². The number of rotatable bonds is 3. The first-order valence-corrected chi connectivity index (χ1v) is 4.82. The third kappa shape index (κ3) is 2.20. The summed E-state index contributed by atoms with van der Waals surface area (Å²) in [6.07, 6.45) is 3.20. The van der Waals surface area contributed by atoms with Gasteiger partial charge in [0.25, 0.3) is 0 Å². The maximum absolute atomic E-state index is 10.7. The van der Waals surface area contributed by atoms with Gasteiger partial charge in [0.2, 0.25) is 5.69 Å². The van der Waals surface area contributed by atoms with Crippen LogP contribution in [0.5, 0.6) is 5.75 Å². The highest BCUT2D eigenvalue weighted by atomic mass is 16.6. The molecule has 0 aliphatic carbocycles. The Bertz CT molecular complexity index is 543. The fourth-order valence-corrected chi connectivity index (χ4v) is 1.41. The van der Waals surface area contributed by atoms with E-state index in [9.17, 15) is 10.1 Å². The van der Waals surface area contributed by atoms with Gasteiger partial charge in [-0.05, 0) is 28.1 Å². The average molecular weight is 231 g/mol. The molecule has 0 aliphatic heterocycles. The number of methoxy groups -OCH3 is 1. The van der Waals surface area contributed by atoms with Crippen molar-refractivity contribution in [1.82, 2.24) is 9.97 Å². The van der Waals surface area contributed by atoms with Crippen LogP contribution in [-0.2, 0) is 0 Å². The molecule has 6 heteroatoms. The second-order valence-corrected chi connectivity index (χ2v) is 3.22. The molecule has 0 aliphatic rings. The Labute approximate surface area is 97.1 Å². The highest BCUT2D eigenvalue weighted by molar-refractivity contribution is 5.66. The predicted molar refractivity (Wildman–Crippen MR) is 60.7 cm³/mol. The van der Waals surface area contributed by atoms with E-state index in [1.165, 1.54) is 19.2 Å². The monoisotopic (exact) mass is 231 g/mol. The summed E-state index contributed by atoms with van der Waals surface area (Å²) >= 11 is 0. The zero-order chi connectivity index (χ0) is 12.3. The molecule has 0 bridgehead atoms. The van der Waals surface area contributed by atoms with E-state index in [0.29, 0.717) is 17.0 Å². The third-order valence-electron chi connectivity index (χ3n) is 2.19. The van der Waals surface area contributed by atoms with Crippen LogP contribution in [0.15, 0.2) is 36.7 Å². The minimum absolute atomic E-state index is 0.218. The third-order valence-corrected chi connectivity index (χ3v) is 2.19. The number of pyridine rings is 2. The number of ether oxygens (including phenoxy) is 1. The average Bonchev–Trinajstić information content (AvgIpc) is 2.39. The molecule has 0 fully saturated rings. The van der Waals surface area contributed by atoms with Crippen molar-refractivity contribution in [2.24, 2.45) is 0 Å². The zero-order valence-corrected chi connectivity index (χ0v) is 9.03. The molecule has 2 heterocycles. The standard InChI is InChI=1S/C11H9N3O3/c1-17-9-4-5-10(14(15)16)13-11(9)8-3-2-6-12-7-8/h2-7H,1H3. The van der Waals surface area contributed by atoms with E-state index >= 15 is 0 Å². The SMILES string of the molecule is COc1ccc([N+](=O)[O-])nc1-c1cccnc1. The van der Waals surface area contributed by atoms with Crippen molar-refractivity contribution in [3.63, 3.8) is 0 Å². The Morgan fingerprint density at radius 1 is 1.35 bits per heavy atom. The van der Waals surface area contributed by atoms with Crippen LogP contribution in [0, 0.1) is 10.1 Å². The largest absolute Gasteiger partial charge is 0.492 e. The molecule has 0 spiro atoms. The van der Waals surface area contributed by atoms with Crippen molar-refractivity contribution in [3.8, 4) is 17.0 Å². The molecule has 0 atom stereocenters. The van der Waals surface area contributed by atoms with Crippen LogP contribution in [0.2, 0.25) is 0 Å². The van der Waals surface area contributed by atoms with Crippen molar-refractivity contribution in [3.05, 3.63) is 46.8 Å². The van der Waals surface area contributed by atoms with Gasteiger partial charge < -0.3 is 14.9 Å². The Morgan fingerprint density at radius 2 is 2.18 bits per heavy atom. The molecule has 0 saturated carbocycles. The highest BCUT2D eigenvalue weighted by Gasteiger charge is 2.17. The second kappa shape index (κ2) is 4.56. The van der Waals surface area contributed by atoms with Crippen LogP contribution in [0.1, 0.15) is 0 Å². The van der Waals surface area contributed by atoms with Crippen molar-refractivity contribution in [2.45, 2.75) is 0 Å². The lowest BCUT2D eigenvalue weighted by atomic mass is 10.2. The zero-order valence-electron chi connectivity index (χ0n) is 9.03. The van der Waals surface area contributed by atoms with Crippen LogP contribution in [0.4, 0.5) is 5.82 Å². The van der Waals surface area contributed by atoms with E-state index in [2.05, 4.69) is 9.97 Å². The summed E-state index contributed by atoms with van der Waals surface area (Å²) in [5.41, 5.74) is 1.09. The molecular weight excluding hydrogens is 222 g/mol. The van der Waals surface area contributed by atoms with Crippen molar-refractivity contribution >= 4 is 5.82 Å². The van der Waals surface area contributed by atoms with Gasteiger partial charge in [0.1, 0.15) is 0 Å². The number of nitro groups is 1. The van der Waals surface area contributed by atoms with E-state index in [0.717, 1.165) is 0 Å². The Balaban J connectivity index is 2.58. The second-order valence-electron chi connectivity index (χ2n) is 3.22. The van der Waals surface area contributed by atoms with Crippen LogP contribution < -0.4 is 4.74 Å². The van der Waals surface area contributed by atoms with Gasteiger partial charge >= 0.3 is 5.82 Å². The summed E-state index contributed by atoms with van der Waals surface area (Å²) < 4.78 is 5.12. The Hall–Kier alpha value is -2.50. The minimum atomic E-state index is -0.542. The molecule has 2 aromatic rings. The van der Waals surface area contributed by atoms with Gasteiger partial charge in [-0.3, -0.25) is 4.98 Å². The molecule has 0 N–H and O–H groups in total. The molecule has 86 valence electrons. The van der Waals surface area contributed by atoms with Crippen molar-refractivity contribution < 1.29 is 9.66 Å². The minimum Gasteiger partial charge on any atom is -0.492 e. The van der Waals surface area contributed by atoms with E-state index in [-0.39, 0.29) is 5.82 Å². The van der Waals surface area contributed by atoms with Crippen molar-refractivity contribution in [2.75, 3.05) is 7.11 Å². The fraction of sp³-hybridized carbons (Fsp3) is 0.0909. The first-order valence-electron chi connectivity index (χ1n) is 4.82. The normalized spacial score (nSPS) is 9.94. The van der Waals surface area contributed by atoms with Crippen LogP contribution in [-0.4, -0.2) is 22.0 Å². The summed E-state index contributed by atoms with van der Waals surface area (Å²) in [5, 5.41) is 10.7. The quantitative estimate of drug-likeness (QED) is 0.596. The predicted octanol–water partition coefficient (Wildman–Crippen LogP) is 2.06. The summed E-state index contributed by atoms with van der Waals surface area (Å²) in [4.78, 5) is 18.0. The van der Waals surface area contributed by atoms with Gasteiger partial charge in [-0.1, -0.05) is 0 Å². The molecule has 2 aromatic heterocycles. The van der Waals surface area contributed by atoms with Gasteiger partial charge in [-0.2, -0.15) is 0 Å². The topological polar surface area (TPSA) is 78.2 Å². The Morgan fingerprint density at radius 3 is 2.76 bits per heavy atom. The molecule has 17 heavy (non-hydrogen) atoms. The fourth-order valence-electron chi connectivity index (χ4n) is 1.41. The number of nitrogens with zero attached hydrogens (tertiary/aromatic N) is 3. The molecule has 2 rings (SSSR count). The molecule has 0 saturated heterocycles. The van der Waals surface area contributed by atoms with E-state index in [1.54, 1.807) is 24.5 Å². The van der Waals surface area contributed by atoms with Crippen LogP contribution >= 0.6 is 0 Å². The Kier molecular flexibility index (Phi) is 2.95. The first-order chi connectivity index (χ1) is 8.22. The maximum Gasteiger partial charge on any atom is 0.364 e. The van der Waals surface area contributed by atoms with Crippen LogP contribution in [0.25, 0.3) is 11.3 Å². The number of hydrogen-bond acceptors (Lipinski definition) is 5. The maximum atomic E-state index is 10.7. The lowest BCUT2D eigenvalue weighted by molar-refractivity contribution is -0.389. The van der Waals surface area contributed by atoms with Gasteiger partial charge in [0.15, 0.2) is 5.75 Å². The number of aromatic nitrogens is 2. The smallest absolute Gasteiger partial charge is 0.364 e.